The van der Waals surface area contributed by atoms with Crippen LogP contribution in [-0.2, 0) is 28.6 Å². The molecule has 9 nitrogen and oxygen atoms in total. The molecule has 0 aromatic rings. The third-order valence-corrected chi connectivity index (χ3v) is 11.7. The number of nitrogens with zero attached hydrogens (tertiary/aromatic N) is 2. The highest BCUT2D eigenvalue weighted by Crippen LogP contribution is 2.70. The van der Waals surface area contributed by atoms with Crippen molar-refractivity contribution in [2.45, 2.75) is 83.0 Å². The van der Waals surface area contributed by atoms with Gasteiger partial charge >= 0.3 is 17.9 Å². The Morgan fingerprint density at radius 2 is 1.57 bits per heavy atom. The van der Waals surface area contributed by atoms with Gasteiger partial charge in [0.05, 0.1) is 47.9 Å². The molecule has 0 bridgehead atoms. The molecular weight excluding hydrogens is 536 g/mol. The first-order valence-corrected chi connectivity index (χ1v) is 15.9. The molecule has 0 saturated heterocycles. The summed E-state index contributed by atoms with van der Waals surface area (Å²) in [7, 11) is 11.9. The van der Waals surface area contributed by atoms with Crippen LogP contribution in [0.15, 0.2) is 11.6 Å². The molecule has 236 valence electrons. The van der Waals surface area contributed by atoms with Gasteiger partial charge in [-0.25, -0.2) is 14.4 Å². The Morgan fingerprint density at radius 3 is 2.17 bits per heavy atom. The third kappa shape index (κ3) is 5.65. The smallest absolute Gasteiger partial charge is 0.362 e. The lowest BCUT2D eigenvalue weighted by atomic mass is 9.43. The Hall–Kier alpha value is -1.97. The van der Waals surface area contributed by atoms with Crippen LogP contribution < -0.4 is 0 Å². The number of ether oxygens (including phenoxy) is 3. The van der Waals surface area contributed by atoms with E-state index >= 15 is 0 Å². The maximum atomic E-state index is 13.1. The van der Waals surface area contributed by atoms with Gasteiger partial charge in [-0.3, -0.25) is 0 Å². The lowest BCUT2D eigenvalue weighted by Gasteiger charge is -2.63. The van der Waals surface area contributed by atoms with Gasteiger partial charge in [0.2, 0.25) is 0 Å². The second-order valence-electron chi connectivity index (χ2n) is 16.7. The molecule has 0 aromatic heterocycles. The molecule has 0 aromatic carbocycles. The van der Waals surface area contributed by atoms with E-state index in [1.807, 2.05) is 42.3 Å². The molecule has 1 N–H and O–H groups in total. The molecule has 1 aliphatic heterocycles. The molecule has 0 amide bonds. The molecule has 5 rings (SSSR count). The van der Waals surface area contributed by atoms with Gasteiger partial charge in [0.15, 0.2) is 13.1 Å². The number of likely N-dealkylation sites (N-methyl/N-ethyl adjacent to an activating group) is 2. The molecule has 9 atom stereocenters. The Balaban J connectivity index is 1.37. The summed E-state index contributed by atoms with van der Waals surface area (Å²) >= 11 is 0. The summed E-state index contributed by atoms with van der Waals surface area (Å²) < 4.78 is 18.5. The number of rotatable bonds is 7. The van der Waals surface area contributed by atoms with Gasteiger partial charge < -0.3 is 28.3 Å². The first-order valence-electron chi connectivity index (χ1n) is 15.9. The van der Waals surface area contributed by atoms with Crippen molar-refractivity contribution in [1.29, 1.82) is 0 Å². The van der Waals surface area contributed by atoms with Gasteiger partial charge in [0.1, 0.15) is 18.8 Å². The van der Waals surface area contributed by atoms with Gasteiger partial charge in [-0.05, 0) is 73.7 Å². The van der Waals surface area contributed by atoms with Crippen molar-refractivity contribution in [3.63, 3.8) is 0 Å². The number of hydrogen-bond acceptors (Lipinski definition) is 7. The summed E-state index contributed by atoms with van der Waals surface area (Å²) in [5.74, 6) is -0.152. The Bertz CT molecular complexity index is 1140. The number of aliphatic hydroxyl groups is 1. The predicted octanol–water partition coefficient (Wildman–Crippen LogP) is 3.09. The van der Waals surface area contributed by atoms with E-state index in [0.29, 0.717) is 33.8 Å². The number of hydrogen-bond donors (Lipinski definition) is 1. The maximum absolute atomic E-state index is 13.1. The molecular formula is C33H54N2O7+2. The van der Waals surface area contributed by atoms with Gasteiger partial charge in [0, 0.05) is 23.8 Å². The monoisotopic (exact) mass is 590 g/mol. The van der Waals surface area contributed by atoms with Crippen molar-refractivity contribution in [3.05, 3.63) is 11.6 Å². The topological polar surface area (TPSA) is 99.1 Å². The van der Waals surface area contributed by atoms with Crippen LogP contribution in [0.1, 0.15) is 65.2 Å². The molecule has 0 radical (unpaired) electrons. The van der Waals surface area contributed by atoms with Gasteiger partial charge in [0.25, 0.3) is 0 Å². The summed E-state index contributed by atoms with van der Waals surface area (Å²) in [6.45, 7) is 5.36. The fraction of sp³-hybridized carbons (Fsp3) is 0.848. The largest absolute Gasteiger partial charge is 0.458 e. The van der Waals surface area contributed by atoms with Crippen LogP contribution in [0.2, 0.25) is 0 Å². The van der Waals surface area contributed by atoms with E-state index in [-0.39, 0.29) is 54.4 Å². The molecule has 4 aliphatic carbocycles. The molecule has 0 unspecified atom stereocenters. The highest BCUT2D eigenvalue weighted by Gasteiger charge is 2.71. The predicted molar refractivity (Wildman–Crippen MR) is 157 cm³/mol. The van der Waals surface area contributed by atoms with E-state index in [0.717, 1.165) is 50.5 Å². The lowest BCUT2D eigenvalue weighted by molar-refractivity contribution is -0.862. The summed E-state index contributed by atoms with van der Waals surface area (Å²) in [6, 6.07) is 0. The van der Waals surface area contributed by atoms with Crippen molar-refractivity contribution in [2.24, 2.45) is 34.5 Å². The standard InChI is InChI=1S/C33H54N2O7/c1-31-13-11-23(41-28(37)18-34(3,4)5)16-22(31)9-10-25-24(31)12-14-32(2)30(21-15-27(36)40-20-21)26(17-33(25,32)39)42-29(38)19-35(6,7)8/h15,22-26,30,39H,9-14,16-20H2,1-8H3/q+2/t22-,23-,24-,25+,26-,30+,31-,32+,33-/m0/s1. The van der Waals surface area contributed by atoms with Crippen LogP contribution in [0.4, 0.5) is 0 Å². The van der Waals surface area contributed by atoms with Crippen LogP contribution in [0.3, 0.4) is 0 Å². The van der Waals surface area contributed by atoms with Gasteiger partial charge in [-0.1, -0.05) is 13.8 Å². The summed E-state index contributed by atoms with van der Waals surface area (Å²) in [4.78, 5) is 37.8. The fourth-order valence-corrected chi connectivity index (χ4v) is 9.84. The lowest BCUT2D eigenvalue weighted by Crippen LogP contribution is -2.62. The number of fused-ring (bicyclic) bond motifs is 5. The van der Waals surface area contributed by atoms with Crippen molar-refractivity contribution in [2.75, 3.05) is 62.0 Å². The van der Waals surface area contributed by atoms with Crippen molar-refractivity contribution in [1.82, 2.24) is 0 Å². The molecule has 4 fully saturated rings. The van der Waals surface area contributed by atoms with E-state index in [4.69, 9.17) is 14.2 Å². The molecule has 1 heterocycles. The van der Waals surface area contributed by atoms with Crippen LogP contribution in [0, 0.1) is 34.5 Å². The minimum absolute atomic E-state index is 0.0386. The number of cyclic esters (lactones) is 1. The summed E-state index contributed by atoms with van der Waals surface area (Å²) in [5, 5.41) is 12.8. The van der Waals surface area contributed by atoms with Crippen LogP contribution in [0.5, 0.6) is 0 Å². The van der Waals surface area contributed by atoms with E-state index in [9.17, 15) is 19.5 Å². The Morgan fingerprint density at radius 1 is 0.929 bits per heavy atom. The SMILES string of the molecule is C[C@]12CC[C@H](OC(=O)C[N+](C)(C)C)C[C@@H]1CC[C@@H]1[C@@H]2CC[C@]2(C)[C@H](C3=CC(=O)OC3)[C@@H](OC(=O)C[N+](C)(C)C)C[C@]12O. The highest BCUT2D eigenvalue weighted by molar-refractivity contribution is 5.85. The van der Waals surface area contributed by atoms with E-state index in [2.05, 4.69) is 13.8 Å². The van der Waals surface area contributed by atoms with E-state index < -0.39 is 17.1 Å². The normalized spacial score (nSPS) is 41.6. The first-order chi connectivity index (χ1) is 19.3. The molecule has 9 heteroatoms. The Kier molecular flexibility index (Phi) is 7.93. The maximum Gasteiger partial charge on any atom is 0.362 e. The highest BCUT2D eigenvalue weighted by atomic mass is 16.6. The molecule has 42 heavy (non-hydrogen) atoms. The minimum Gasteiger partial charge on any atom is -0.458 e. The fourth-order valence-electron chi connectivity index (χ4n) is 9.84. The van der Waals surface area contributed by atoms with Gasteiger partial charge in [-0.15, -0.1) is 0 Å². The second kappa shape index (κ2) is 10.6. The minimum atomic E-state index is -1.02. The van der Waals surface area contributed by atoms with Crippen molar-refractivity contribution >= 4 is 17.9 Å². The van der Waals surface area contributed by atoms with E-state index in [1.165, 1.54) is 0 Å². The van der Waals surface area contributed by atoms with Crippen molar-refractivity contribution in [3.8, 4) is 0 Å². The van der Waals surface area contributed by atoms with Crippen LogP contribution >= 0.6 is 0 Å². The third-order valence-electron chi connectivity index (χ3n) is 11.7. The molecule has 4 saturated carbocycles. The zero-order valence-corrected chi connectivity index (χ0v) is 27.1. The average molecular weight is 591 g/mol. The van der Waals surface area contributed by atoms with Crippen molar-refractivity contribution < 1.29 is 42.7 Å². The number of carbonyl (C=O) groups excluding carboxylic acids is 3. The summed E-state index contributed by atoms with van der Waals surface area (Å²) in [6.07, 6.45) is 7.81. The quantitative estimate of drug-likeness (QED) is 0.276. The second-order valence-corrected chi connectivity index (χ2v) is 16.7. The average Bonchev–Trinajstić information content (AvgIpc) is 3.34. The number of quaternary nitrogens is 2. The zero-order valence-electron chi connectivity index (χ0n) is 27.1. The zero-order chi connectivity index (χ0) is 30.9. The summed E-state index contributed by atoms with van der Waals surface area (Å²) in [5.41, 5.74) is -0.647. The number of esters is 3. The molecule has 5 aliphatic rings. The Labute approximate surface area is 251 Å². The van der Waals surface area contributed by atoms with Crippen LogP contribution in [0.25, 0.3) is 0 Å². The number of carbonyl (C=O) groups is 3. The first kappa shape index (κ1) is 31.5. The molecule has 0 spiro atoms. The van der Waals surface area contributed by atoms with Gasteiger partial charge in [-0.2, -0.15) is 0 Å². The van der Waals surface area contributed by atoms with Crippen LogP contribution in [-0.4, -0.2) is 112 Å². The van der Waals surface area contributed by atoms with E-state index in [1.54, 1.807) is 6.08 Å².